The van der Waals surface area contributed by atoms with Crippen molar-refractivity contribution in [3.8, 4) is 0 Å². The fraction of sp³-hybridized carbons (Fsp3) is 0.462. The molecule has 5 heteroatoms. The van der Waals surface area contributed by atoms with Crippen molar-refractivity contribution in [2.45, 2.75) is 30.3 Å². The van der Waals surface area contributed by atoms with Crippen LogP contribution >= 0.6 is 28.6 Å². The van der Waals surface area contributed by atoms with Crippen LogP contribution in [0.3, 0.4) is 0 Å². The van der Waals surface area contributed by atoms with Crippen LogP contribution in [0.2, 0.25) is 0 Å². The van der Waals surface area contributed by atoms with Crippen molar-refractivity contribution >= 4 is 34.5 Å². The Hall–Kier alpha value is -0.520. The third-order valence-corrected chi connectivity index (χ3v) is 4.21. The average Bonchev–Trinajstić information content (AvgIpc) is 2.72. The van der Waals surface area contributed by atoms with E-state index in [2.05, 4.69) is 33.9 Å². The number of aliphatic hydroxyl groups is 1. The molecule has 18 heavy (non-hydrogen) atoms. The third kappa shape index (κ3) is 3.28. The van der Waals surface area contributed by atoms with Gasteiger partial charge >= 0.3 is 0 Å². The van der Waals surface area contributed by atoms with Crippen molar-refractivity contribution in [1.82, 2.24) is 5.32 Å². The van der Waals surface area contributed by atoms with Gasteiger partial charge in [-0.15, -0.1) is 12.6 Å². The lowest BCUT2D eigenvalue weighted by Gasteiger charge is -2.15. The molecule has 0 spiro atoms. The van der Waals surface area contributed by atoms with Gasteiger partial charge in [-0.3, -0.25) is 4.79 Å². The molecule has 0 aromatic heterocycles. The molecule has 0 aliphatic heterocycles. The number of aliphatic hydroxyl groups excluding tert-OH is 1. The molecule has 2 N–H and O–H groups in total. The van der Waals surface area contributed by atoms with Crippen molar-refractivity contribution in [1.29, 1.82) is 0 Å². The van der Waals surface area contributed by atoms with Crippen molar-refractivity contribution in [2.75, 3.05) is 6.54 Å². The molecule has 2 atom stereocenters. The lowest BCUT2D eigenvalue weighted by Crippen LogP contribution is -2.32. The molecule has 1 aliphatic rings. The zero-order chi connectivity index (χ0) is 13.1. The van der Waals surface area contributed by atoms with Gasteiger partial charge in [0.25, 0.3) is 5.91 Å². The van der Waals surface area contributed by atoms with Gasteiger partial charge in [0.05, 0.1) is 11.7 Å². The molecule has 2 rings (SSSR count). The molecule has 0 bridgehead atoms. The van der Waals surface area contributed by atoms with E-state index in [1.807, 2.05) is 6.07 Å². The van der Waals surface area contributed by atoms with Crippen LogP contribution in [0.1, 0.15) is 29.6 Å². The normalized spacial score (nSPS) is 23.1. The van der Waals surface area contributed by atoms with Gasteiger partial charge in [0.1, 0.15) is 0 Å². The molecule has 98 valence electrons. The monoisotopic (exact) mass is 329 g/mol. The van der Waals surface area contributed by atoms with Crippen LogP contribution in [0.15, 0.2) is 27.6 Å². The molecule has 0 heterocycles. The second-order valence-electron chi connectivity index (χ2n) is 4.63. The van der Waals surface area contributed by atoms with Crippen LogP contribution in [0, 0.1) is 5.92 Å². The Morgan fingerprint density at radius 2 is 2.28 bits per heavy atom. The fourth-order valence-electron chi connectivity index (χ4n) is 2.27. The first-order chi connectivity index (χ1) is 8.58. The smallest absolute Gasteiger partial charge is 0.252 e. The molecular formula is C13H16BrNO2S. The predicted molar refractivity (Wildman–Crippen MR) is 77.1 cm³/mol. The zero-order valence-corrected chi connectivity index (χ0v) is 12.4. The number of hydrogen-bond acceptors (Lipinski definition) is 3. The summed E-state index contributed by atoms with van der Waals surface area (Å²) in [6.45, 7) is 0.531. The van der Waals surface area contributed by atoms with Gasteiger partial charge in [-0.05, 0) is 31.0 Å². The second kappa shape index (κ2) is 6.08. The number of carbonyl (C=O) groups excluding carboxylic acids is 1. The summed E-state index contributed by atoms with van der Waals surface area (Å²) in [5, 5.41) is 12.6. The number of halogens is 1. The standard InChI is InChI=1S/C13H16BrNO2S/c14-9-4-5-10(12(18)6-9)13(17)15-7-8-2-1-3-11(8)16/h4-6,8,11,16,18H,1-3,7H2,(H,15,17). The minimum absolute atomic E-state index is 0.133. The largest absolute Gasteiger partial charge is 0.393 e. The number of benzene rings is 1. The van der Waals surface area contributed by atoms with Crippen molar-refractivity contribution < 1.29 is 9.90 Å². The van der Waals surface area contributed by atoms with E-state index in [9.17, 15) is 9.90 Å². The summed E-state index contributed by atoms with van der Waals surface area (Å²) in [4.78, 5) is 12.6. The molecule has 1 aliphatic carbocycles. The van der Waals surface area contributed by atoms with E-state index in [0.29, 0.717) is 17.0 Å². The van der Waals surface area contributed by atoms with Crippen molar-refractivity contribution in [2.24, 2.45) is 5.92 Å². The lowest BCUT2D eigenvalue weighted by atomic mass is 10.1. The number of thiol groups is 1. The Kier molecular flexibility index (Phi) is 4.70. The SMILES string of the molecule is O=C(NCC1CCCC1O)c1ccc(Br)cc1S. The molecule has 1 fully saturated rings. The maximum atomic E-state index is 12.0. The number of carbonyl (C=O) groups is 1. The Morgan fingerprint density at radius 1 is 1.50 bits per heavy atom. The Morgan fingerprint density at radius 3 is 2.89 bits per heavy atom. The summed E-state index contributed by atoms with van der Waals surface area (Å²) in [6, 6.07) is 5.36. The number of nitrogens with one attached hydrogen (secondary N) is 1. The molecule has 1 amide bonds. The van der Waals surface area contributed by atoms with E-state index in [1.54, 1.807) is 12.1 Å². The molecule has 1 saturated carbocycles. The van der Waals surface area contributed by atoms with E-state index in [1.165, 1.54) is 0 Å². The van der Waals surface area contributed by atoms with Gasteiger partial charge in [0, 0.05) is 21.8 Å². The highest BCUT2D eigenvalue weighted by molar-refractivity contribution is 9.10. The summed E-state index contributed by atoms with van der Waals surface area (Å²) in [6.07, 6.45) is 2.59. The average molecular weight is 330 g/mol. The quantitative estimate of drug-likeness (QED) is 0.746. The number of rotatable bonds is 3. The van der Waals surface area contributed by atoms with Crippen LogP contribution in [-0.2, 0) is 0 Å². The van der Waals surface area contributed by atoms with Crippen LogP contribution in [0.5, 0.6) is 0 Å². The van der Waals surface area contributed by atoms with Gasteiger partial charge in [-0.1, -0.05) is 22.4 Å². The van der Waals surface area contributed by atoms with E-state index in [4.69, 9.17) is 0 Å². The van der Waals surface area contributed by atoms with E-state index < -0.39 is 0 Å². The molecular weight excluding hydrogens is 314 g/mol. The summed E-state index contributed by atoms with van der Waals surface area (Å²) >= 11 is 7.62. The first-order valence-corrected chi connectivity index (χ1v) is 7.26. The Bertz CT molecular complexity index is 453. The van der Waals surface area contributed by atoms with Crippen molar-refractivity contribution in [3.63, 3.8) is 0 Å². The van der Waals surface area contributed by atoms with Crippen molar-refractivity contribution in [3.05, 3.63) is 28.2 Å². The Labute approximate surface area is 121 Å². The fourth-order valence-corrected chi connectivity index (χ4v) is 3.12. The summed E-state index contributed by atoms with van der Waals surface area (Å²) in [7, 11) is 0. The first-order valence-electron chi connectivity index (χ1n) is 6.02. The van der Waals surface area contributed by atoms with Crippen LogP contribution in [0.4, 0.5) is 0 Å². The second-order valence-corrected chi connectivity index (χ2v) is 6.03. The maximum absolute atomic E-state index is 12.0. The molecule has 0 saturated heterocycles. The minimum atomic E-state index is -0.273. The summed E-state index contributed by atoms with van der Waals surface area (Å²) < 4.78 is 0.898. The number of amides is 1. The maximum Gasteiger partial charge on any atom is 0.252 e. The lowest BCUT2D eigenvalue weighted by molar-refractivity contribution is 0.0914. The van der Waals surface area contributed by atoms with Gasteiger partial charge < -0.3 is 10.4 Å². The highest BCUT2D eigenvalue weighted by atomic mass is 79.9. The van der Waals surface area contributed by atoms with Gasteiger partial charge in [0.15, 0.2) is 0 Å². The first kappa shape index (κ1) is 13.9. The van der Waals surface area contributed by atoms with Gasteiger partial charge in [0.2, 0.25) is 0 Å². The molecule has 3 nitrogen and oxygen atoms in total. The summed E-state index contributed by atoms with van der Waals surface area (Å²) in [5.74, 6) is 0.0550. The highest BCUT2D eigenvalue weighted by Crippen LogP contribution is 2.25. The molecule has 2 unspecified atom stereocenters. The predicted octanol–water partition coefficient (Wildman–Crippen LogP) is 2.63. The van der Waals surface area contributed by atoms with Crippen LogP contribution < -0.4 is 5.32 Å². The van der Waals surface area contributed by atoms with Gasteiger partial charge in [-0.25, -0.2) is 0 Å². The molecule has 1 aromatic carbocycles. The van der Waals surface area contributed by atoms with E-state index >= 15 is 0 Å². The van der Waals surface area contributed by atoms with E-state index in [0.717, 1.165) is 23.7 Å². The zero-order valence-electron chi connectivity index (χ0n) is 9.90. The summed E-state index contributed by atoms with van der Waals surface area (Å²) in [5.41, 5.74) is 0.564. The molecule has 0 radical (unpaired) electrons. The van der Waals surface area contributed by atoms with Crippen LogP contribution in [-0.4, -0.2) is 23.7 Å². The minimum Gasteiger partial charge on any atom is -0.393 e. The van der Waals surface area contributed by atoms with Crippen LogP contribution in [0.25, 0.3) is 0 Å². The van der Waals surface area contributed by atoms with E-state index in [-0.39, 0.29) is 17.9 Å². The topological polar surface area (TPSA) is 49.3 Å². The number of hydrogen-bond donors (Lipinski definition) is 3. The Balaban J connectivity index is 1.95. The third-order valence-electron chi connectivity index (χ3n) is 3.35. The highest BCUT2D eigenvalue weighted by Gasteiger charge is 2.25. The van der Waals surface area contributed by atoms with Gasteiger partial charge in [-0.2, -0.15) is 0 Å². The molecule has 1 aromatic rings.